The molecule has 34 heavy (non-hydrogen) atoms. The molecule has 0 radical (unpaired) electrons. The highest BCUT2D eigenvalue weighted by Gasteiger charge is 2.26. The average Bonchev–Trinajstić information content (AvgIpc) is 2.86. The Labute approximate surface area is 201 Å². The molecule has 0 unspecified atom stereocenters. The lowest BCUT2D eigenvalue weighted by Gasteiger charge is -2.29. The predicted molar refractivity (Wildman–Crippen MR) is 132 cm³/mol. The van der Waals surface area contributed by atoms with Crippen LogP contribution < -0.4 is 4.74 Å². The molecule has 0 bridgehead atoms. The molecule has 4 heteroatoms. The summed E-state index contributed by atoms with van der Waals surface area (Å²) in [5.41, 5.74) is 2.75. The van der Waals surface area contributed by atoms with Crippen molar-refractivity contribution in [1.82, 2.24) is 0 Å². The lowest BCUT2D eigenvalue weighted by atomic mass is 9.77. The van der Waals surface area contributed by atoms with Gasteiger partial charge in [0.15, 0.2) is 11.6 Å². The van der Waals surface area contributed by atoms with Gasteiger partial charge in [-0.2, -0.15) is 0 Å². The zero-order valence-corrected chi connectivity index (χ0v) is 20.0. The van der Waals surface area contributed by atoms with Crippen LogP contribution in [0.15, 0.2) is 54.6 Å². The Kier molecular flexibility index (Phi) is 7.97. The van der Waals surface area contributed by atoms with Crippen molar-refractivity contribution in [2.24, 2.45) is 5.92 Å². The minimum Gasteiger partial charge on any atom is -0.489 e. The quantitative estimate of drug-likeness (QED) is 0.322. The van der Waals surface area contributed by atoms with E-state index in [9.17, 15) is 4.39 Å². The topological polar surface area (TPSA) is 9.23 Å². The van der Waals surface area contributed by atoms with Crippen molar-refractivity contribution in [1.29, 1.82) is 0 Å². The van der Waals surface area contributed by atoms with Gasteiger partial charge in [-0.3, -0.25) is 0 Å². The number of hydrogen-bond donors (Lipinski definition) is 0. The molecule has 1 nitrogen and oxygen atoms in total. The molecule has 0 heterocycles. The van der Waals surface area contributed by atoms with Crippen LogP contribution in [0.25, 0.3) is 11.1 Å². The highest BCUT2D eigenvalue weighted by Crippen LogP contribution is 2.40. The third kappa shape index (κ3) is 5.48. The minimum absolute atomic E-state index is 0.0965. The standard InChI is InChI=1S/C30H33F3O/c1-3-5-21-7-9-22(10-8-21)26-16-17-27(30(33)29(26)32)23-12-14-25(15-13-23)34-19-24-11-6-20(4-2)18-28(24)31/h6,11-18,21-22H,3-5,7-10,19H2,1-2H3. The molecule has 3 aromatic carbocycles. The Balaban J connectivity index is 1.43. The largest absolute Gasteiger partial charge is 0.489 e. The Morgan fingerprint density at radius 2 is 1.56 bits per heavy atom. The van der Waals surface area contributed by atoms with Crippen molar-refractivity contribution in [2.45, 2.75) is 71.3 Å². The summed E-state index contributed by atoms with van der Waals surface area (Å²) in [6.07, 6.45) is 7.22. The van der Waals surface area contributed by atoms with Crippen molar-refractivity contribution in [2.75, 3.05) is 0 Å². The zero-order chi connectivity index (χ0) is 24.1. The van der Waals surface area contributed by atoms with E-state index < -0.39 is 11.6 Å². The molecule has 0 aromatic heterocycles. The van der Waals surface area contributed by atoms with Gasteiger partial charge in [0.25, 0.3) is 0 Å². The molecule has 4 rings (SSSR count). The van der Waals surface area contributed by atoms with E-state index in [2.05, 4.69) is 6.92 Å². The molecule has 0 aliphatic heterocycles. The first kappa shape index (κ1) is 24.4. The van der Waals surface area contributed by atoms with Gasteiger partial charge in [-0.15, -0.1) is 0 Å². The third-order valence-corrected chi connectivity index (χ3v) is 7.18. The molecule has 1 saturated carbocycles. The second kappa shape index (κ2) is 11.1. The summed E-state index contributed by atoms with van der Waals surface area (Å²) in [6.45, 7) is 4.28. The Morgan fingerprint density at radius 1 is 0.824 bits per heavy atom. The average molecular weight is 467 g/mol. The van der Waals surface area contributed by atoms with Crippen LogP contribution in [0.3, 0.4) is 0 Å². The van der Waals surface area contributed by atoms with Crippen LogP contribution in [0.1, 0.15) is 75.0 Å². The SMILES string of the molecule is CCCC1CCC(c2ccc(-c3ccc(OCc4ccc(CC)cc4F)cc3)c(F)c2F)CC1. The van der Waals surface area contributed by atoms with E-state index in [0.29, 0.717) is 22.4 Å². The van der Waals surface area contributed by atoms with Gasteiger partial charge in [0.05, 0.1) is 0 Å². The van der Waals surface area contributed by atoms with Gasteiger partial charge < -0.3 is 4.74 Å². The monoisotopic (exact) mass is 466 g/mol. The lowest BCUT2D eigenvalue weighted by Crippen LogP contribution is -2.14. The van der Waals surface area contributed by atoms with Crippen LogP contribution >= 0.6 is 0 Å². The van der Waals surface area contributed by atoms with Crippen molar-refractivity contribution in [3.05, 3.63) is 88.7 Å². The Bertz CT molecular complexity index is 1100. The van der Waals surface area contributed by atoms with Crippen molar-refractivity contribution in [3.63, 3.8) is 0 Å². The fourth-order valence-corrected chi connectivity index (χ4v) is 5.09. The lowest BCUT2D eigenvalue weighted by molar-refractivity contribution is 0.300. The van der Waals surface area contributed by atoms with Gasteiger partial charge in [-0.25, -0.2) is 13.2 Å². The summed E-state index contributed by atoms with van der Waals surface area (Å²) in [6, 6.07) is 15.4. The minimum atomic E-state index is -0.792. The molecular formula is C30H33F3O. The van der Waals surface area contributed by atoms with Crippen LogP contribution in [0.4, 0.5) is 13.2 Å². The summed E-state index contributed by atoms with van der Waals surface area (Å²) >= 11 is 0. The maximum atomic E-state index is 15.0. The smallest absolute Gasteiger partial charge is 0.166 e. The van der Waals surface area contributed by atoms with Crippen molar-refractivity contribution in [3.8, 4) is 16.9 Å². The maximum Gasteiger partial charge on any atom is 0.166 e. The van der Waals surface area contributed by atoms with E-state index >= 15 is 8.78 Å². The summed E-state index contributed by atoms with van der Waals surface area (Å²) in [5, 5.41) is 0. The van der Waals surface area contributed by atoms with E-state index in [1.165, 1.54) is 18.9 Å². The van der Waals surface area contributed by atoms with Crippen LogP contribution in [-0.2, 0) is 13.0 Å². The molecule has 1 aliphatic rings. The van der Waals surface area contributed by atoms with Gasteiger partial charge in [0, 0.05) is 11.1 Å². The van der Waals surface area contributed by atoms with Gasteiger partial charge in [-0.05, 0) is 78.8 Å². The number of ether oxygens (including phenoxy) is 1. The van der Waals surface area contributed by atoms with E-state index in [1.54, 1.807) is 42.5 Å². The maximum absolute atomic E-state index is 15.0. The summed E-state index contributed by atoms with van der Waals surface area (Å²) < 4.78 is 49.9. The summed E-state index contributed by atoms with van der Waals surface area (Å²) in [4.78, 5) is 0. The summed E-state index contributed by atoms with van der Waals surface area (Å²) in [7, 11) is 0. The van der Waals surface area contributed by atoms with Crippen molar-refractivity contribution >= 4 is 0 Å². The number of halogens is 3. The highest BCUT2D eigenvalue weighted by molar-refractivity contribution is 5.65. The first-order chi connectivity index (χ1) is 16.5. The molecule has 1 aliphatic carbocycles. The van der Waals surface area contributed by atoms with E-state index in [-0.39, 0.29) is 23.9 Å². The normalized spacial score (nSPS) is 18.1. The van der Waals surface area contributed by atoms with E-state index in [0.717, 1.165) is 43.6 Å². The van der Waals surface area contributed by atoms with Gasteiger partial charge >= 0.3 is 0 Å². The molecule has 1 fully saturated rings. The third-order valence-electron chi connectivity index (χ3n) is 7.18. The first-order valence-corrected chi connectivity index (χ1v) is 12.5. The molecule has 0 amide bonds. The zero-order valence-electron chi connectivity index (χ0n) is 20.0. The van der Waals surface area contributed by atoms with Crippen LogP contribution in [-0.4, -0.2) is 0 Å². The molecule has 0 spiro atoms. The Morgan fingerprint density at radius 3 is 2.21 bits per heavy atom. The summed E-state index contributed by atoms with van der Waals surface area (Å²) in [5.74, 6) is -0.431. The Hall–Kier alpha value is -2.75. The van der Waals surface area contributed by atoms with Crippen LogP contribution in [0.5, 0.6) is 5.75 Å². The first-order valence-electron chi connectivity index (χ1n) is 12.5. The molecule has 0 N–H and O–H groups in total. The number of benzene rings is 3. The molecule has 180 valence electrons. The number of hydrogen-bond acceptors (Lipinski definition) is 1. The second-order valence-corrected chi connectivity index (χ2v) is 9.43. The second-order valence-electron chi connectivity index (χ2n) is 9.43. The van der Waals surface area contributed by atoms with Gasteiger partial charge in [-0.1, -0.05) is 63.1 Å². The molecule has 3 aromatic rings. The van der Waals surface area contributed by atoms with Crippen LogP contribution in [0.2, 0.25) is 0 Å². The fraction of sp³-hybridized carbons (Fsp3) is 0.400. The predicted octanol–water partition coefficient (Wildman–Crippen LogP) is 8.99. The van der Waals surface area contributed by atoms with E-state index in [4.69, 9.17) is 4.74 Å². The van der Waals surface area contributed by atoms with Gasteiger partial charge in [0.2, 0.25) is 0 Å². The van der Waals surface area contributed by atoms with Gasteiger partial charge in [0.1, 0.15) is 18.2 Å². The van der Waals surface area contributed by atoms with E-state index in [1.807, 2.05) is 13.0 Å². The molecule has 0 saturated heterocycles. The molecule has 0 atom stereocenters. The van der Waals surface area contributed by atoms with Crippen LogP contribution in [0, 0.1) is 23.4 Å². The van der Waals surface area contributed by atoms with Crippen molar-refractivity contribution < 1.29 is 17.9 Å². The number of rotatable bonds is 8. The fourth-order valence-electron chi connectivity index (χ4n) is 5.09. The number of aryl methyl sites for hydroxylation is 1. The molecular weight excluding hydrogens is 433 g/mol. The highest BCUT2D eigenvalue weighted by atomic mass is 19.2.